The van der Waals surface area contributed by atoms with E-state index < -0.39 is 0 Å². The minimum atomic E-state index is 0.356. The van der Waals surface area contributed by atoms with Crippen molar-refractivity contribution in [1.29, 1.82) is 0 Å². The van der Waals surface area contributed by atoms with Crippen molar-refractivity contribution in [3.63, 3.8) is 0 Å². The standard InChI is InChI=1S/C8H12N6S/c1-4-5(3-9)6(10)14-7(11-4)12-8(13-14)15-2/h3,9-10H2,1-2H3. The van der Waals surface area contributed by atoms with Crippen molar-refractivity contribution < 1.29 is 0 Å². The number of nitrogen functional groups attached to an aromatic ring is 1. The van der Waals surface area contributed by atoms with Crippen molar-refractivity contribution >= 4 is 23.4 Å². The van der Waals surface area contributed by atoms with Crippen LogP contribution in [0.25, 0.3) is 5.78 Å². The molecule has 0 fully saturated rings. The van der Waals surface area contributed by atoms with E-state index in [1.807, 2.05) is 13.2 Å². The molecule has 0 bridgehead atoms. The topological polar surface area (TPSA) is 95.1 Å². The lowest BCUT2D eigenvalue weighted by atomic mass is 10.2. The molecule has 15 heavy (non-hydrogen) atoms. The van der Waals surface area contributed by atoms with Crippen molar-refractivity contribution in [2.45, 2.75) is 18.6 Å². The number of hydrogen-bond donors (Lipinski definition) is 2. The largest absolute Gasteiger partial charge is 0.383 e. The van der Waals surface area contributed by atoms with Gasteiger partial charge in [0.25, 0.3) is 5.78 Å². The van der Waals surface area contributed by atoms with Crippen LogP contribution in [0.1, 0.15) is 11.3 Å². The van der Waals surface area contributed by atoms with E-state index in [0.717, 1.165) is 11.3 Å². The smallest absolute Gasteiger partial charge is 0.255 e. The van der Waals surface area contributed by atoms with E-state index in [2.05, 4.69) is 15.1 Å². The fraction of sp³-hybridized carbons (Fsp3) is 0.375. The van der Waals surface area contributed by atoms with Crippen LogP contribution in [0.2, 0.25) is 0 Å². The summed E-state index contributed by atoms with van der Waals surface area (Å²) >= 11 is 1.45. The van der Waals surface area contributed by atoms with Crippen molar-refractivity contribution in [2.75, 3.05) is 12.0 Å². The van der Waals surface area contributed by atoms with Crippen LogP contribution in [0, 0.1) is 6.92 Å². The SMILES string of the molecule is CSc1nc2nc(C)c(CN)c(N)n2n1. The summed E-state index contributed by atoms with van der Waals surface area (Å²) in [5, 5.41) is 4.86. The molecule has 0 unspecified atom stereocenters. The number of anilines is 1. The van der Waals surface area contributed by atoms with E-state index in [0.29, 0.717) is 23.3 Å². The summed E-state index contributed by atoms with van der Waals surface area (Å²) in [5.41, 5.74) is 13.2. The van der Waals surface area contributed by atoms with Crippen LogP contribution < -0.4 is 11.5 Å². The van der Waals surface area contributed by atoms with Crippen LogP contribution in [-0.2, 0) is 6.54 Å². The maximum Gasteiger partial charge on any atom is 0.255 e. The van der Waals surface area contributed by atoms with Gasteiger partial charge in [0, 0.05) is 17.8 Å². The third kappa shape index (κ3) is 1.53. The Bertz CT molecular complexity index is 505. The lowest BCUT2D eigenvalue weighted by molar-refractivity contribution is 0.865. The Balaban J connectivity index is 2.76. The second kappa shape index (κ2) is 3.67. The molecule has 0 spiro atoms. The average molecular weight is 224 g/mol. The highest BCUT2D eigenvalue weighted by Crippen LogP contribution is 2.17. The molecule has 0 radical (unpaired) electrons. The lowest BCUT2D eigenvalue weighted by Crippen LogP contribution is -2.11. The fourth-order valence-corrected chi connectivity index (χ4v) is 1.73. The number of aromatic nitrogens is 4. The molecule has 2 heterocycles. The summed E-state index contributed by atoms with van der Waals surface area (Å²) in [7, 11) is 0. The summed E-state index contributed by atoms with van der Waals surface area (Å²) in [5.74, 6) is 1.04. The molecule has 6 nitrogen and oxygen atoms in total. The van der Waals surface area contributed by atoms with Gasteiger partial charge in [-0.1, -0.05) is 11.8 Å². The number of nitrogens with two attached hydrogens (primary N) is 2. The van der Waals surface area contributed by atoms with Gasteiger partial charge in [-0.05, 0) is 13.2 Å². The summed E-state index contributed by atoms with van der Waals surface area (Å²) in [6.07, 6.45) is 1.90. The Kier molecular flexibility index (Phi) is 2.49. The highest BCUT2D eigenvalue weighted by molar-refractivity contribution is 7.98. The Morgan fingerprint density at radius 3 is 2.73 bits per heavy atom. The van der Waals surface area contributed by atoms with Crippen LogP contribution in [0.4, 0.5) is 5.82 Å². The molecule has 7 heteroatoms. The quantitative estimate of drug-likeness (QED) is 0.707. The normalized spacial score (nSPS) is 11.1. The van der Waals surface area contributed by atoms with Crippen LogP contribution in [0.15, 0.2) is 5.16 Å². The minimum Gasteiger partial charge on any atom is -0.383 e. The molecule has 4 N–H and O–H groups in total. The van der Waals surface area contributed by atoms with Crippen molar-refractivity contribution in [3.05, 3.63) is 11.3 Å². The summed E-state index contributed by atoms with van der Waals surface area (Å²) in [6, 6.07) is 0. The van der Waals surface area contributed by atoms with Gasteiger partial charge in [0.2, 0.25) is 5.16 Å². The van der Waals surface area contributed by atoms with Crippen LogP contribution >= 0.6 is 11.8 Å². The number of nitrogens with zero attached hydrogens (tertiary/aromatic N) is 4. The summed E-state index contributed by atoms with van der Waals surface area (Å²) in [6.45, 7) is 2.22. The molecule has 0 saturated carbocycles. The first-order valence-electron chi connectivity index (χ1n) is 4.43. The Morgan fingerprint density at radius 1 is 1.40 bits per heavy atom. The molecule has 2 aromatic heterocycles. The number of rotatable bonds is 2. The Morgan fingerprint density at radius 2 is 2.13 bits per heavy atom. The molecule has 2 rings (SSSR count). The van der Waals surface area contributed by atoms with Crippen molar-refractivity contribution in [3.8, 4) is 0 Å². The summed E-state index contributed by atoms with van der Waals surface area (Å²) in [4.78, 5) is 8.50. The molecule has 0 aliphatic rings. The predicted octanol–water partition coefficient (Wildman–Crippen LogP) is 0.196. The van der Waals surface area contributed by atoms with Gasteiger partial charge in [0.05, 0.1) is 0 Å². The van der Waals surface area contributed by atoms with Gasteiger partial charge < -0.3 is 11.5 Å². The second-order valence-corrected chi connectivity index (χ2v) is 3.85. The maximum atomic E-state index is 5.93. The molecule has 0 aromatic carbocycles. The van der Waals surface area contributed by atoms with Gasteiger partial charge in [-0.3, -0.25) is 0 Å². The first kappa shape index (κ1) is 10.2. The van der Waals surface area contributed by atoms with Crippen molar-refractivity contribution in [1.82, 2.24) is 19.6 Å². The molecule has 2 aromatic rings. The lowest BCUT2D eigenvalue weighted by Gasteiger charge is -2.06. The van der Waals surface area contributed by atoms with E-state index in [4.69, 9.17) is 11.5 Å². The van der Waals surface area contributed by atoms with Gasteiger partial charge in [-0.25, -0.2) is 4.98 Å². The second-order valence-electron chi connectivity index (χ2n) is 3.08. The molecule has 0 aliphatic heterocycles. The van der Waals surface area contributed by atoms with Gasteiger partial charge in [0.15, 0.2) is 0 Å². The first-order valence-corrected chi connectivity index (χ1v) is 5.65. The zero-order chi connectivity index (χ0) is 11.0. The van der Waals surface area contributed by atoms with Gasteiger partial charge in [-0.2, -0.15) is 9.50 Å². The molecule has 0 amide bonds. The number of thioether (sulfide) groups is 1. The van der Waals surface area contributed by atoms with Crippen LogP contribution in [0.3, 0.4) is 0 Å². The van der Waals surface area contributed by atoms with Crippen LogP contribution in [-0.4, -0.2) is 25.8 Å². The highest BCUT2D eigenvalue weighted by Gasteiger charge is 2.12. The molecule has 0 atom stereocenters. The first-order chi connectivity index (χ1) is 7.17. The minimum absolute atomic E-state index is 0.356. The highest BCUT2D eigenvalue weighted by atomic mass is 32.2. The number of hydrogen-bond acceptors (Lipinski definition) is 6. The third-order valence-electron chi connectivity index (χ3n) is 2.20. The van der Waals surface area contributed by atoms with E-state index in [1.165, 1.54) is 16.3 Å². The van der Waals surface area contributed by atoms with E-state index >= 15 is 0 Å². The molecule has 80 valence electrons. The zero-order valence-electron chi connectivity index (χ0n) is 8.56. The van der Waals surface area contributed by atoms with E-state index in [-0.39, 0.29) is 0 Å². The third-order valence-corrected chi connectivity index (χ3v) is 2.74. The number of aryl methyl sites for hydroxylation is 1. The Labute approximate surface area is 91.1 Å². The number of fused-ring (bicyclic) bond motifs is 1. The fourth-order valence-electron chi connectivity index (χ4n) is 1.39. The van der Waals surface area contributed by atoms with Gasteiger partial charge in [-0.15, -0.1) is 5.10 Å². The van der Waals surface area contributed by atoms with Crippen LogP contribution in [0.5, 0.6) is 0 Å². The zero-order valence-corrected chi connectivity index (χ0v) is 9.38. The molecule has 0 saturated heterocycles. The Hall–Kier alpha value is -1.34. The molecular formula is C8H12N6S. The average Bonchev–Trinajstić information content (AvgIpc) is 2.61. The van der Waals surface area contributed by atoms with Crippen molar-refractivity contribution in [2.24, 2.45) is 5.73 Å². The van der Waals surface area contributed by atoms with E-state index in [9.17, 15) is 0 Å². The van der Waals surface area contributed by atoms with Gasteiger partial charge >= 0.3 is 0 Å². The predicted molar refractivity (Wildman–Crippen MR) is 59.6 cm³/mol. The van der Waals surface area contributed by atoms with Gasteiger partial charge in [0.1, 0.15) is 5.82 Å². The van der Waals surface area contributed by atoms with E-state index in [1.54, 1.807) is 0 Å². The molecular weight excluding hydrogens is 212 g/mol. The summed E-state index contributed by atoms with van der Waals surface area (Å²) < 4.78 is 1.53. The molecule has 0 aliphatic carbocycles. The maximum absolute atomic E-state index is 5.93. The monoisotopic (exact) mass is 224 g/mol.